The first-order valence-corrected chi connectivity index (χ1v) is 12.0. The average Bonchev–Trinajstić information content (AvgIpc) is 3.08. The highest BCUT2D eigenvalue weighted by Gasteiger charge is 2.61. The van der Waals surface area contributed by atoms with Crippen molar-refractivity contribution in [2.45, 2.75) is 84.5 Å². The SMILES string of the molecule is C[C@]12CCC(=O)C[C@H]1CC[C@@H]1[C@@H]2CC[C@]2(C)[C@@H](C(=O)COC(=O)CCC(=O)[O-])CC[C@@H]12. The van der Waals surface area contributed by atoms with Crippen LogP contribution < -0.4 is 5.11 Å². The Morgan fingerprint density at radius 1 is 0.968 bits per heavy atom. The summed E-state index contributed by atoms with van der Waals surface area (Å²) >= 11 is 0. The highest BCUT2D eigenvalue weighted by Crippen LogP contribution is 2.67. The van der Waals surface area contributed by atoms with Crippen molar-refractivity contribution in [2.75, 3.05) is 6.61 Å². The lowest BCUT2D eigenvalue weighted by Gasteiger charge is -2.60. The van der Waals surface area contributed by atoms with E-state index in [4.69, 9.17) is 4.74 Å². The van der Waals surface area contributed by atoms with E-state index >= 15 is 0 Å². The fraction of sp³-hybridized carbons (Fsp3) is 0.840. The minimum absolute atomic E-state index is 0.0200. The molecular formula is C25H35O6-. The van der Waals surface area contributed by atoms with Crippen LogP contribution in [0.1, 0.15) is 84.5 Å². The molecule has 0 heterocycles. The van der Waals surface area contributed by atoms with Crippen LogP contribution in [0.25, 0.3) is 0 Å². The lowest BCUT2D eigenvalue weighted by molar-refractivity contribution is -0.305. The molecule has 4 aliphatic rings. The zero-order valence-electron chi connectivity index (χ0n) is 18.8. The van der Waals surface area contributed by atoms with Gasteiger partial charge in [0.2, 0.25) is 0 Å². The number of carbonyl (C=O) groups excluding carboxylic acids is 4. The van der Waals surface area contributed by atoms with Gasteiger partial charge < -0.3 is 14.6 Å². The Bertz CT molecular complexity index is 774. The summed E-state index contributed by atoms with van der Waals surface area (Å²) < 4.78 is 5.08. The Labute approximate surface area is 184 Å². The molecule has 6 heteroatoms. The summed E-state index contributed by atoms with van der Waals surface area (Å²) in [6, 6.07) is 0. The van der Waals surface area contributed by atoms with Crippen LogP contribution >= 0.6 is 0 Å². The molecule has 4 fully saturated rings. The Balaban J connectivity index is 1.41. The third-order valence-corrected chi connectivity index (χ3v) is 9.78. The predicted molar refractivity (Wildman–Crippen MR) is 110 cm³/mol. The molecule has 31 heavy (non-hydrogen) atoms. The van der Waals surface area contributed by atoms with Crippen LogP contribution in [0.4, 0.5) is 0 Å². The summed E-state index contributed by atoms with van der Waals surface area (Å²) in [5, 5.41) is 10.5. The summed E-state index contributed by atoms with van der Waals surface area (Å²) in [5.74, 6) is 0.686. The van der Waals surface area contributed by atoms with Gasteiger partial charge in [0.05, 0.1) is 6.42 Å². The molecule has 0 aromatic carbocycles. The number of aliphatic carboxylic acids is 1. The largest absolute Gasteiger partial charge is 0.550 e. The second-order valence-electron chi connectivity index (χ2n) is 11.1. The van der Waals surface area contributed by atoms with Crippen LogP contribution in [0, 0.1) is 40.4 Å². The molecule has 0 aromatic rings. The van der Waals surface area contributed by atoms with E-state index in [0.29, 0.717) is 29.5 Å². The second kappa shape index (κ2) is 8.32. The Kier molecular flexibility index (Phi) is 6.04. The van der Waals surface area contributed by atoms with E-state index < -0.39 is 11.9 Å². The van der Waals surface area contributed by atoms with E-state index in [1.54, 1.807) is 0 Å². The van der Waals surface area contributed by atoms with Crippen LogP contribution in [-0.4, -0.2) is 30.1 Å². The number of hydrogen-bond donors (Lipinski definition) is 0. The van der Waals surface area contributed by atoms with Crippen molar-refractivity contribution < 1.29 is 29.0 Å². The zero-order chi connectivity index (χ0) is 22.4. The zero-order valence-corrected chi connectivity index (χ0v) is 18.8. The third kappa shape index (κ3) is 3.95. The number of Topliss-reactive ketones (excluding diaryl/α,β-unsaturated/α-hetero) is 2. The molecule has 0 unspecified atom stereocenters. The van der Waals surface area contributed by atoms with Gasteiger partial charge in [0.1, 0.15) is 12.4 Å². The number of fused-ring (bicyclic) bond motifs is 5. The van der Waals surface area contributed by atoms with Crippen LogP contribution in [0.3, 0.4) is 0 Å². The molecule has 4 saturated carbocycles. The van der Waals surface area contributed by atoms with E-state index in [0.717, 1.165) is 57.8 Å². The van der Waals surface area contributed by atoms with Gasteiger partial charge in [0.25, 0.3) is 0 Å². The fourth-order valence-corrected chi connectivity index (χ4v) is 8.10. The molecule has 0 aromatic heterocycles. The molecule has 0 saturated heterocycles. The molecule has 6 nitrogen and oxygen atoms in total. The van der Waals surface area contributed by atoms with Gasteiger partial charge in [-0.25, -0.2) is 0 Å². The molecule has 0 bridgehead atoms. The van der Waals surface area contributed by atoms with E-state index in [1.807, 2.05) is 0 Å². The molecule has 0 amide bonds. The Hall–Kier alpha value is -1.72. The van der Waals surface area contributed by atoms with Gasteiger partial charge >= 0.3 is 5.97 Å². The minimum atomic E-state index is -1.29. The van der Waals surface area contributed by atoms with Crippen molar-refractivity contribution in [3.63, 3.8) is 0 Å². The van der Waals surface area contributed by atoms with E-state index in [1.165, 1.54) is 0 Å². The topological polar surface area (TPSA) is 101 Å². The molecular weight excluding hydrogens is 396 g/mol. The van der Waals surface area contributed by atoms with E-state index in [-0.39, 0.29) is 42.0 Å². The number of carboxylic acid groups (broad SMARTS) is 1. The molecule has 0 aliphatic heterocycles. The third-order valence-electron chi connectivity index (χ3n) is 9.78. The molecule has 172 valence electrons. The van der Waals surface area contributed by atoms with Crippen molar-refractivity contribution in [1.82, 2.24) is 0 Å². The van der Waals surface area contributed by atoms with Crippen molar-refractivity contribution in [3.8, 4) is 0 Å². The van der Waals surface area contributed by atoms with Gasteiger partial charge in [-0.15, -0.1) is 0 Å². The summed E-state index contributed by atoms with van der Waals surface area (Å²) in [6.45, 7) is 4.43. The summed E-state index contributed by atoms with van der Waals surface area (Å²) in [6.07, 6.45) is 8.18. The average molecular weight is 432 g/mol. The van der Waals surface area contributed by atoms with Crippen LogP contribution in [0.15, 0.2) is 0 Å². The number of carbonyl (C=O) groups is 4. The maximum absolute atomic E-state index is 13.0. The maximum atomic E-state index is 13.0. The van der Waals surface area contributed by atoms with E-state index in [2.05, 4.69) is 13.8 Å². The van der Waals surface area contributed by atoms with Crippen molar-refractivity contribution in [1.29, 1.82) is 0 Å². The molecule has 4 aliphatic carbocycles. The number of ketones is 2. The highest BCUT2D eigenvalue weighted by molar-refractivity contribution is 5.86. The molecule has 4 rings (SSSR count). The quantitative estimate of drug-likeness (QED) is 0.600. The number of carboxylic acids is 1. The molecule has 7 atom stereocenters. The van der Waals surface area contributed by atoms with Gasteiger partial charge in [0, 0.05) is 24.7 Å². The van der Waals surface area contributed by atoms with Gasteiger partial charge in [-0.1, -0.05) is 13.8 Å². The van der Waals surface area contributed by atoms with Crippen LogP contribution in [-0.2, 0) is 23.9 Å². The van der Waals surface area contributed by atoms with Crippen LogP contribution in [0.2, 0.25) is 0 Å². The normalized spacial score (nSPS) is 41.6. The molecule has 0 radical (unpaired) electrons. The fourth-order valence-electron chi connectivity index (χ4n) is 8.10. The first-order valence-electron chi connectivity index (χ1n) is 12.0. The number of ether oxygens (including phenoxy) is 1. The summed E-state index contributed by atoms with van der Waals surface area (Å²) in [7, 11) is 0. The minimum Gasteiger partial charge on any atom is -0.550 e. The lowest BCUT2D eigenvalue weighted by Crippen LogP contribution is -2.54. The summed E-state index contributed by atoms with van der Waals surface area (Å²) in [4.78, 5) is 47.3. The van der Waals surface area contributed by atoms with Gasteiger partial charge in [-0.3, -0.25) is 14.4 Å². The molecule has 0 spiro atoms. The van der Waals surface area contributed by atoms with Crippen molar-refractivity contribution in [3.05, 3.63) is 0 Å². The van der Waals surface area contributed by atoms with Gasteiger partial charge in [-0.05, 0) is 85.9 Å². The van der Waals surface area contributed by atoms with E-state index in [9.17, 15) is 24.3 Å². The smallest absolute Gasteiger partial charge is 0.306 e. The van der Waals surface area contributed by atoms with Crippen LogP contribution in [0.5, 0.6) is 0 Å². The van der Waals surface area contributed by atoms with Crippen molar-refractivity contribution >= 4 is 23.5 Å². The monoisotopic (exact) mass is 431 g/mol. The van der Waals surface area contributed by atoms with Gasteiger partial charge in [-0.2, -0.15) is 0 Å². The predicted octanol–water partition coefficient (Wildman–Crippen LogP) is 2.86. The maximum Gasteiger partial charge on any atom is 0.306 e. The Morgan fingerprint density at radius 3 is 2.45 bits per heavy atom. The number of rotatable bonds is 6. The Morgan fingerprint density at radius 2 is 1.71 bits per heavy atom. The number of hydrogen-bond acceptors (Lipinski definition) is 6. The molecule has 0 N–H and O–H groups in total. The first kappa shape index (κ1) is 22.5. The first-order chi connectivity index (χ1) is 14.6. The van der Waals surface area contributed by atoms with Gasteiger partial charge in [0.15, 0.2) is 5.78 Å². The lowest BCUT2D eigenvalue weighted by atomic mass is 9.44. The highest BCUT2D eigenvalue weighted by atomic mass is 16.5. The second-order valence-corrected chi connectivity index (χ2v) is 11.1. The van der Waals surface area contributed by atoms with Crippen molar-refractivity contribution in [2.24, 2.45) is 40.4 Å². The number of esters is 1. The standard InChI is InChI=1S/C25H36O6/c1-24-11-9-16(26)13-15(24)3-4-17-18-5-6-20(25(18,2)12-10-19(17)24)21(27)14-31-23(30)8-7-22(28)29/h15,17-20H,3-14H2,1-2H3,(H,28,29)/p-1/t15-,17+,18+,19+,20-,24+,25+/m1/s1. The summed E-state index contributed by atoms with van der Waals surface area (Å²) in [5.41, 5.74) is 0.206.